The van der Waals surface area contributed by atoms with Crippen molar-refractivity contribution >= 4 is 49.2 Å². The van der Waals surface area contributed by atoms with Crippen LogP contribution < -0.4 is 0 Å². The van der Waals surface area contributed by atoms with Gasteiger partial charge in [-0.3, -0.25) is 4.79 Å². The van der Waals surface area contributed by atoms with Gasteiger partial charge in [-0.1, -0.05) is 0 Å². The van der Waals surface area contributed by atoms with E-state index in [4.69, 9.17) is 11.6 Å². The normalized spacial score (nSPS) is 10.2. The molecule has 0 aliphatic heterocycles. The minimum atomic E-state index is -0.425. The van der Waals surface area contributed by atoms with E-state index in [2.05, 4.69) is 31.9 Å². The Morgan fingerprint density at radius 3 is 2.23 bits per heavy atom. The smallest absolute Gasteiger partial charge is 0.177 e. The van der Waals surface area contributed by atoms with Gasteiger partial charge in [-0.25, -0.2) is 4.39 Å². The van der Waals surface area contributed by atoms with Crippen molar-refractivity contribution in [2.24, 2.45) is 0 Å². The Hall–Kier alpha value is 0.0700. The summed E-state index contributed by atoms with van der Waals surface area (Å²) >= 11 is 11.3. The molecule has 0 unspecified atom stereocenters. The molecule has 1 aromatic carbocycles. The molecular formula is C8H4Br2ClFO. The van der Waals surface area contributed by atoms with Gasteiger partial charge in [0.05, 0.1) is 14.8 Å². The predicted molar refractivity (Wildman–Crippen MR) is 56.9 cm³/mol. The first-order valence-corrected chi connectivity index (χ1v) is 5.42. The minimum Gasteiger partial charge on any atom is -0.293 e. The number of Topliss-reactive ketones (excluding diaryl/α,β-unsaturated/α-hetero) is 1. The topological polar surface area (TPSA) is 17.1 Å². The molecule has 0 atom stereocenters. The lowest BCUT2D eigenvalue weighted by atomic mass is 10.1. The van der Waals surface area contributed by atoms with Gasteiger partial charge < -0.3 is 0 Å². The zero-order valence-electron chi connectivity index (χ0n) is 6.28. The Morgan fingerprint density at radius 2 is 1.85 bits per heavy atom. The Kier molecular flexibility index (Phi) is 3.88. The van der Waals surface area contributed by atoms with Crippen LogP contribution in [0.4, 0.5) is 4.39 Å². The van der Waals surface area contributed by atoms with Crippen LogP contribution in [0, 0.1) is 5.82 Å². The molecular weight excluding hydrogens is 326 g/mol. The number of carbonyl (C=O) groups is 1. The molecule has 0 saturated carbocycles. The molecule has 0 aliphatic rings. The van der Waals surface area contributed by atoms with Gasteiger partial charge in [0, 0.05) is 5.56 Å². The largest absolute Gasteiger partial charge is 0.293 e. The highest BCUT2D eigenvalue weighted by Crippen LogP contribution is 2.25. The third-order valence-electron chi connectivity index (χ3n) is 1.43. The van der Waals surface area contributed by atoms with Gasteiger partial charge in [-0.15, -0.1) is 11.6 Å². The molecule has 0 amide bonds. The molecule has 0 heterocycles. The van der Waals surface area contributed by atoms with E-state index in [1.807, 2.05) is 0 Å². The second-order valence-electron chi connectivity index (χ2n) is 2.31. The lowest BCUT2D eigenvalue weighted by molar-refractivity contribution is 0.102. The van der Waals surface area contributed by atoms with Crippen molar-refractivity contribution in [3.8, 4) is 0 Å². The summed E-state index contributed by atoms with van der Waals surface area (Å²) in [6, 6.07) is 2.82. The zero-order valence-corrected chi connectivity index (χ0v) is 10.2. The highest BCUT2D eigenvalue weighted by molar-refractivity contribution is 9.11. The first kappa shape index (κ1) is 11.1. The molecule has 0 aliphatic carbocycles. The number of benzene rings is 1. The molecule has 0 aromatic heterocycles. The fourth-order valence-electron chi connectivity index (χ4n) is 0.794. The molecule has 13 heavy (non-hydrogen) atoms. The van der Waals surface area contributed by atoms with Gasteiger partial charge in [-0.05, 0) is 44.0 Å². The average Bonchev–Trinajstić information content (AvgIpc) is 2.12. The van der Waals surface area contributed by atoms with Crippen LogP contribution in [-0.4, -0.2) is 11.7 Å². The average molecular weight is 330 g/mol. The molecule has 0 saturated heterocycles. The summed E-state index contributed by atoms with van der Waals surface area (Å²) in [5.41, 5.74) is 0.384. The summed E-state index contributed by atoms with van der Waals surface area (Å²) in [6.45, 7) is 0. The Bertz CT molecular complexity index is 331. The van der Waals surface area contributed by atoms with Crippen molar-refractivity contribution in [3.63, 3.8) is 0 Å². The molecule has 70 valence electrons. The van der Waals surface area contributed by atoms with E-state index in [9.17, 15) is 9.18 Å². The summed E-state index contributed by atoms with van der Waals surface area (Å²) < 4.78 is 13.5. The molecule has 1 aromatic rings. The quantitative estimate of drug-likeness (QED) is 0.458. The molecule has 1 nitrogen and oxygen atoms in total. The minimum absolute atomic E-state index is 0.107. The molecule has 0 bridgehead atoms. The van der Waals surface area contributed by atoms with Gasteiger partial charge in [0.15, 0.2) is 11.6 Å². The number of hydrogen-bond donors (Lipinski definition) is 0. The van der Waals surface area contributed by atoms with Crippen LogP contribution in [-0.2, 0) is 0 Å². The maximum Gasteiger partial charge on any atom is 0.177 e. The second-order valence-corrected chi connectivity index (χ2v) is 4.29. The van der Waals surface area contributed by atoms with E-state index in [-0.39, 0.29) is 20.6 Å². The third kappa shape index (κ3) is 2.51. The number of hydrogen-bond acceptors (Lipinski definition) is 1. The number of ketones is 1. The lowest BCUT2D eigenvalue weighted by Crippen LogP contribution is -2.01. The summed E-state index contributed by atoms with van der Waals surface area (Å²) in [7, 11) is 0. The Morgan fingerprint density at radius 1 is 1.38 bits per heavy atom. The standard InChI is InChI=1S/C8H4Br2ClFO/c9-5-1-4(7(13)3-11)2-6(10)8(5)12/h1-2H,3H2. The van der Waals surface area contributed by atoms with Gasteiger partial charge in [0.1, 0.15) is 0 Å². The predicted octanol–water partition coefficient (Wildman–Crippen LogP) is 3.77. The van der Waals surface area contributed by atoms with Gasteiger partial charge in [0.25, 0.3) is 0 Å². The number of rotatable bonds is 2. The molecule has 5 heteroatoms. The third-order valence-corrected chi connectivity index (χ3v) is 2.82. The summed E-state index contributed by atoms with van der Waals surface area (Å²) in [5, 5.41) is 0. The Labute approximate surface area is 96.5 Å². The van der Waals surface area contributed by atoms with Gasteiger partial charge in [0.2, 0.25) is 0 Å². The van der Waals surface area contributed by atoms with E-state index in [0.29, 0.717) is 5.56 Å². The Balaban J connectivity index is 3.20. The maximum absolute atomic E-state index is 13.0. The molecule has 0 spiro atoms. The number of halogens is 4. The van der Waals surface area contributed by atoms with Crippen LogP contribution >= 0.6 is 43.5 Å². The van der Waals surface area contributed by atoms with Crippen LogP contribution in [0.25, 0.3) is 0 Å². The summed E-state index contributed by atoms with van der Waals surface area (Å²) in [5.74, 6) is -0.765. The van der Waals surface area contributed by atoms with Crippen molar-refractivity contribution in [1.82, 2.24) is 0 Å². The molecule has 0 N–H and O–H groups in total. The summed E-state index contributed by atoms with van der Waals surface area (Å²) in [6.07, 6.45) is 0. The van der Waals surface area contributed by atoms with Crippen molar-refractivity contribution in [2.75, 3.05) is 5.88 Å². The van der Waals surface area contributed by atoms with Crippen LogP contribution in [0.1, 0.15) is 10.4 Å². The number of carbonyl (C=O) groups excluding carboxylic acids is 1. The van der Waals surface area contributed by atoms with E-state index in [1.54, 1.807) is 0 Å². The van der Waals surface area contributed by atoms with E-state index < -0.39 is 5.82 Å². The molecule has 0 radical (unpaired) electrons. The highest BCUT2D eigenvalue weighted by atomic mass is 79.9. The van der Waals surface area contributed by atoms with Crippen LogP contribution in [0.2, 0.25) is 0 Å². The zero-order chi connectivity index (χ0) is 10.0. The highest BCUT2D eigenvalue weighted by Gasteiger charge is 2.10. The fraction of sp³-hybridized carbons (Fsp3) is 0.125. The molecule has 1 rings (SSSR count). The maximum atomic E-state index is 13.0. The van der Waals surface area contributed by atoms with Gasteiger partial charge in [-0.2, -0.15) is 0 Å². The van der Waals surface area contributed by atoms with Gasteiger partial charge >= 0.3 is 0 Å². The van der Waals surface area contributed by atoms with Crippen molar-refractivity contribution in [1.29, 1.82) is 0 Å². The van der Waals surface area contributed by atoms with Crippen molar-refractivity contribution in [3.05, 3.63) is 32.5 Å². The van der Waals surface area contributed by atoms with Crippen LogP contribution in [0.15, 0.2) is 21.1 Å². The van der Waals surface area contributed by atoms with E-state index >= 15 is 0 Å². The van der Waals surface area contributed by atoms with Crippen LogP contribution in [0.5, 0.6) is 0 Å². The first-order valence-electron chi connectivity index (χ1n) is 3.30. The fourth-order valence-corrected chi connectivity index (χ4v) is 2.13. The second kappa shape index (κ2) is 4.53. The van der Waals surface area contributed by atoms with Crippen molar-refractivity contribution in [2.45, 2.75) is 0 Å². The van der Waals surface area contributed by atoms with Crippen molar-refractivity contribution < 1.29 is 9.18 Å². The summed E-state index contributed by atoms with van der Waals surface area (Å²) in [4.78, 5) is 11.1. The van der Waals surface area contributed by atoms with E-state index in [1.165, 1.54) is 12.1 Å². The number of alkyl halides is 1. The monoisotopic (exact) mass is 328 g/mol. The first-order chi connectivity index (χ1) is 6.06. The van der Waals surface area contributed by atoms with Crippen LogP contribution in [0.3, 0.4) is 0 Å². The van der Waals surface area contributed by atoms with E-state index in [0.717, 1.165) is 0 Å². The molecule has 0 fully saturated rings. The SMILES string of the molecule is O=C(CCl)c1cc(Br)c(F)c(Br)c1. The lowest BCUT2D eigenvalue weighted by Gasteiger charge is -2.01.